The Bertz CT molecular complexity index is 572. The number of methoxy groups -OCH3 is 1. The molecule has 24 heavy (non-hydrogen) atoms. The highest BCUT2D eigenvalue weighted by Crippen LogP contribution is 2.19. The Morgan fingerprint density at radius 1 is 1.50 bits per heavy atom. The molecule has 2 aliphatic heterocycles. The van der Waals surface area contributed by atoms with Crippen molar-refractivity contribution in [1.82, 2.24) is 25.3 Å². The van der Waals surface area contributed by atoms with E-state index < -0.39 is 0 Å². The second kappa shape index (κ2) is 8.09. The van der Waals surface area contributed by atoms with E-state index in [-0.39, 0.29) is 11.9 Å². The van der Waals surface area contributed by atoms with Crippen molar-refractivity contribution < 1.29 is 9.53 Å². The highest BCUT2D eigenvalue weighted by atomic mass is 16.5. The lowest BCUT2D eigenvalue weighted by Crippen LogP contribution is -2.47. The second-order valence-corrected chi connectivity index (χ2v) is 6.62. The molecule has 7 heteroatoms. The molecule has 1 amide bonds. The smallest absolute Gasteiger partial charge is 0.272 e. The fourth-order valence-corrected chi connectivity index (χ4v) is 3.68. The zero-order valence-corrected chi connectivity index (χ0v) is 14.8. The number of piperidine rings is 1. The Morgan fingerprint density at radius 2 is 2.38 bits per heavy atom. The Balaban J connectivity index is 1.73. The van der Waals surface area contributed by atoms with Gasteiger partial charge in [0.15, 0.2) is 5.69 Å². The van der Waals surface area contributed by atoms with Crippen LogP contribution in [0.15, 0.2) is 0 Å². The number of carbonyl (C=O) groups is 1. The number of likely N-dealkylation sites (N-methyl/N-ethyl adjacent to an activating group) is 1. The number of likely N-dealkylation sites (tertiary alicyclic amines) is 1. The lowest BCUT2D eigenvalue weighted by atomic mass is 10.0. The summed E-state index contributed by atoms with van der Waals surface area (Å²) >= 11 is 0. The number of nitrogens with zero attached hydrogens (tertiary/aromatic N) is 3. The van der Waals surface area contributed by atoms with E-state index in [4.69, 9.17) is 4.74 Å². The molecular formula is C17H29N5O2. The first-order chi connectivity index (χ1) is 11.7. The number of carbonyl (C=O) groups excluding carboxylic acids is 1. The molecule has 3 rings (SSSR count). The average Bonchev–Trinajstić information content (AvgIpc) is 2.99. The maximum absolute atomic E-state index is 12.8. The molecule has 1 fully saturated rings. The minimum atomic E-state index is -0.0333. The van der Waals surface area contributed by atoms with Crippen molar-refractivity contribution >= 4 is 5.91 Å². The number of aromatic nitrogens is 2. The van der Waals surface area contributed by atoms with Gasteiger partial charge < -0.3 is 20.3 Å². The Labute approximate surface area is 143 Å². The zero-order valence-electron chi connectivity index (χ0n) is 14.8. The van der Waals surface area contributed by atoms with E-state index in [1.807, 2.05) is 4.68 Å². The average molecular weight is 335 g/mol. The van der Waals surface area contributed by atoms with Gasteiger partial charge in [-0.15, -0.1) is 0 Å². The van der Waals surface area contributed by atoms with E-state index in [2.05, 4.69) is 27.6 Å². The van der Waals surface area contributed by atoms with Gasteiger partial charge >= 0.3 is 0 Å². The number of ether oxygens (including phenoxy) is 1. The molecule has 2 aliphatic rings. The van der Waals surface area contributed by atoms with Crippen molar-refractivity contribution in [2.75, 3.05) is 39.9 Å². The van der Waals surface area contributed by atoms with Crippen LogP contribution >= 0.6 is 0 Å². The normalized spacial score (nSPS) is 21.5. The predicted octanol–water partition coefficient (Wildman–Crippen LogP) is 0.389. The molecule has 0 bridgehead atoms. The molecule has 0 spiro atoms. The van der Waals surface area contributed by atoms with Crippen LogP contribution in [0.2, 0.25) is 0 Å². The Hall–Kier alpha value is -1.44. The number of rotatable bonds is 6. The molecule has 0 saturated carbocycles. The van der Waals surface area contributed by atoms with E-state index in [0.29, 0.717) is 18.8 Å². The number of hydrogen-bond acceptors (Lipinski definition) is 5. The maximum Gasteiger partial charge on any atom is 0.272 e. The lowest BCUT2D eigenvalue weighted by Gasteiger charge is -2.32. The van der Waals surface area contributed by atoms with Crippen LogP contribution in [0.1, 0.15) is 41.5 Å². The highest BCUT2D eigenvalue weighted by Gasteiger charge is 2.27. The third-order valence-corrected chi connectivity index (χ3v) is 5.02. The number of hydrogen-bond donors (Lipinski definition) is 2. The third kappa shape index (κ3) is 3.79. The molecule has 1 saturated heterocycles. The van der Waals surface area contributed by atoms with Gasteiger partial charge in [0.1, 0.15) is 0 Å². The number of nitrogens with one attached hydrogen (secondary N) is 2. The van der Waals surface area contributed by atoms with Gasteiger partial charge in [0.25, 0.3) is 5.91 Å². The number of amides is 1. The van der Waals surface area contributed by atoms with Crippen LogP contribution in [0.4, 0.5) is 0 Å². The summed E-state index contributed by atoms with van der Waals surface area (Å²) in [5.41, 5.74) is 2.81. The van der Waals surface area contributed by atoms with Crippen molar-refractivity contribution in [3.63, 3.8) is 0 Å². The van der Waals surface area contributed by atoms with E-state index in [1.54, 1.807) is 7.11 Å². The zero-order chi connectivity index (χ0) is 16.9. The molecule has 0 radical (unpaired) electrons. The summed E-state index contributed by atoms with van der Waals surface area (Å²) in [6.45, 7) is 8.23. The van der Waals surface area contributed by atoms with Crippen LogP contribution in [-0.2, 0) is 24.2 Å². The fourth-order valence-electron chi connectivity index (χ4n) is 3.68. The van der Waals surface area contributed by atoms with Gasteiger partial charge in [-0.25, -0.2) is 0 Å². The quantitative estimate of drug-likeness (QED) is 0.787. The topological polar surface area (TPSA) is 71.4 Å². The molecule has 0 aliphatic carbocycles. The van der Waals surface area contributed by atoms with E-state index in [9.17, 15) is 4.79 Å². The second-order valence-electron chi connectivity index (χ2n) is 6.62. The van der Waals surface area contributed by atoms with Gasteiger partial charge in [-0.3, -0.25) is 9.48 Å². The molecule has 7 nitrogen and oxygen atoms in total. The molecule has 1 aromatic rings. The van der Waals surface area contributed by atoms with E-state index >= 15 is 0 Å². The van der Waals surface area contributed by atoms with Crippen LogP contribution in [0.3, 0.4) is 0 Å². The van der Waals surface area contributed by atoms with Crippen molar-refractivity contribution in [1.29, 1.82) is 0 Å². The molecule has 134 valence electrons. The lowest BCUT2D eigenvalue weighted by molar-refractivity contribution is 0.0898. The summed E-state index contributed by atoms with van der Waals surface area (Å²) in [5.74, 6) is -0.0333. The molecule has 0 aromatic carbocycles. The van der Waals surface area contributed by atoms with Crippen LogP contribution < -0.4 is 10.6 Å². The van der Waals surface area contributed by atoms with E-state index in [1.165, 1.54) is 5.69 Å². The van der Waals surface area contributed by atoms with Crippen molar-refractivity contribution in [2.24, 2.45) is 0 Å². The Kier molecular flexibility index (Phi) is 5.86. The van der Waals surface area contributed by atoms with Gasteiger partial charge in [-0.1, -0.05) is 6.92 Å². The van der Waals surface area contributed by atoms with Crippen LogP contribution in [0.25, 0.3) is 0 Å². The highest BCUT2D eigenvalue weighted by molar-refractivity contribution is 5.94. The fraction of sp³-hybridized carbons (Fsp3) is 0.765. The van der Waals surface area contributed by atoms with Crippen molar-refractivity contribution in [3.05, 3.63) is 17.0 Å². The third-order valence-electron chi connectivity index (χ3n) is 5.02. The van der Waals surface area contributed by atoms with Crippen molar-refractivity contribution in [3.8, 4) is 0 Å². The Morgan fingerprint density at radius 3 is 3.17 bits per heavy atom. The molecule has 3 heterocycles. The number of fused-ring (bicyclic) bond motifs is 1. The monoisotopic (exact) mass is 335 g/mol. The summed E-state index contributed by atoms with van der Waals surface area (Å²) in [7, 11) is 1.69. The molecular weight excluding hydrogens is 306 g/mol. The van der Waals surface area contributed by atoms with Gasteiger partial charge in [0, 0.05) is 50.5 Å². The van der Waals surface area contributed by atoms with Gasteiger partial charge in [0.05, 0.1) is 13.2 Å². The van der Waals surface area contributed by atoms with Crippen LogP contribution in [0, 0.1) is 0 Å². The molecule has 1 aromatic heterocycles. The summed E-state index contributed by atoms with van der Waals surface area (Å²) < 4.78 is 7.12. The van der Waals surface area contributed by atoms with Gasteiger partial charge in [-0.05, 0) is 25.9 Å². The predicted molar refractivity (Wildman–Crippen MR) is 92.1 cm³/mol. The van der Waals surface area contributed by atoms with E-state index in [0.717, 1.165) is 57.5 Å². The first-order valence-corrected chi connectivity index (χ1v) is 9.04. The largest absolute Gasteiger partial charge is 0.383 e. The first kappa shape index (κ1) is 17.4. The molecule has 1 atom stereocenters. The summed E-state index contributed by atoms with van der Waals surface area (Å²) in [6, 6.07) is 0.225. The maximum atomic E-state index is 12.8. The first-order valence-electron chi connectivity index (χ1n) is 9.04. The van der Waals surface area contributed by atoms with Gasteiger partial charge in [-0.2, -0.15) is 5.10 Å². The van der Waals surface area contributed by atoms with Crippen LogP contribution in [0.5, 0.6) is 0 Å². The van der Waals surface area contributed by atoms with Gasteiger partial charge in [0.2, 0.25) is 0 Å². The minimum Gasteiger partial charge on any atom is -0.383 e. The molecule has 2 N–H and O–H groups in total. The minimum absolute atomic E-state index is 0.0333. The summed E-state index contributed by atoms with van der Waals surface area (Å²) in [6.07, 6.45) is 3.10. The SMILES string of the molecule is CCN1CCCC(NC(=O)c2nn(CCOC)c3c2CNCC3)C1. The summed E-state index contributed by atoms with van der Waals surface area (Å²) in [4.78, 5) is 15.2. The molecule has 1 unspecified atom stereocenters. The van der Waals surface area contributed by atoms with Crippen molar-refractivity contribution in [2.45, 2.75) is 45.3 Å². The van der Waals surface area contributed by atoms with Crippen LogP contribution in [-0.4, -0.2) is 66.5 Å². The standard InChI is InChI=1S/C17H29N5O2/c1-3-21-8-4-5-13(12-21)19-17(23)16-14-11-18-7-6-15(14)22(20-16)9-10-24-2/h13,18H,3-12H2,1-2H3,(H,19,23). The summed E-state index contributed by atoms with van der Waals surface area (Å²) in [5, 5.41) is 11.2.